The van der Waals surface area contributed by atoms with Crippen LogP contribution in [0.3, 0.4) is 0 Å². The molecule has 5 nitrogen and oxygen atoms in total. The zero-order chi connectivity index (χ0) is 15.0. The Labute approximate surface area is 118 Å². The van der Waals surface area contributed by atoms with Gasteiger partial charge in [-0.1, -0.05) is 6.07 Å². The summed E-state index contributed by atoms with van der Waals surface area (Å²) in [5, 5.41) is 3.14. The minimum Gasteiger partial charge on any atom is -0.465 e. The highest BCUT2D eigenvalue weighted by Crippen LogP contribution is 2.11. The van der Waals surface area contributed by atoms with E-state index in [1.807, 2.05) is 0 Å². The molecule has 20 heavy (non-hydrogen) atoms. The van der Waals surface area contributed by atoms with Crippen molar-refractivity contribution >= 4 is 5.97 Å². The molecule has 1 atom stereocenters. The summed E-state index contributed by atoms with van der Waals surface area (Å²) in [6.45, 7) is 1.55. The van der Waals surface area contributed by atoms with Gasteiger partial charge in [-0.2, -0.15) is 0 Å². The fourth-order valence-corrected chi connectivity index (χ4v) is 1.72. The van der Waals surface area contributed by atoms with Crippen molar-refractivity contribution in [3.05, 3.63) is 35.1 Å². The molecule has 0 aromatic heterocycles. The topological polar surface area (TPSA) is 56.8 Å². The minimum absolute atomic E-state index is 0.0563. The highest BCUT2D eigenvalue weighted by Gasteiger charge is 2.12. The number of halogens is 1. The second-order valence-corrected chi connectivity index (χ2v) is 4.25. The van der Waals surface area contributed by atoms with Crippen LogP contribution in [0.25, 0.3) is 0 Å². The summed E-state index contributed by atoms with van der Waals surface area (Å²) in [4.78, 5) is 11.3. The van der Waals surface area contributed by atoms with Gasteiger partial charge < -0.3 is 19.5 Å². The third kappa shape index (κ3) is 4.88. The Hall–Kier alpha value is -1.50. The van der Waals surface area contributed by atoms with Gasteiger partial charge in [-0.25, -0.2) is 9.18 Å². The molecule has 1 aromatic carbocycles. The van der Waals surface area contributed by atoms with Gasteiger partial charge >= 0.3 is 5.97 Å². The van der Waals surface area contributed by atoms with Gasteiger partial charge in [0.15, 0.2) is 0 Å². The van der Waals surface area contributed by atoms with Gasteiger partial charge in [0.25, 0.3) is 0 Å². The number of nitrogens with one attached hydrogen (secondary N) is 1. The lowest BCUT2D eigenvalue weighted by Gasteiger charge is -2.15. The van der Waals surface area contributed by atoms with Gasteiger partial charge in [-0.15, -0.1) is 0 Å². The third-order valence-corrected chi connectivity index (χ3v) is 2.83. The molecule has 1 unspecified atom stereocenters. The highest BCUT2D eigenvalue weighted by atomic mass is 19.1. The Morgan fingerprint density at radius 2 is 2.10 bits per heavy atom. The maximum absolute atomic E-state index is 13.7. The fourth-order valence-electron chi connectivity index (χ4n) is 1.72. The first-order valence-corrected chi connectivity index (χ1v) is 6.21. The maximum atomic E-state index is 13.7. The number of methoxy groups -OCH3 is 3. The van der Waals surface area contributed by atoms with E-state index in [0.717, 1.165) is 5.56 Å². The highest BCUT2D eigenvalue weighted by molar-refractivity contribution is 5.89. The van der Waals surface area contributed by atoms with Crippen LogP contribution < -0.4 is 5.32 Å². The standard InChI is InChI=1S/C14H20FNO4/c1-18-9-11(19-2)8-16-7-10-4-5-12(13(15)6-10)14(17)20-3/h4-6,11,16H,7-9H2,1-3H3. The van der Waals surface area contributed by atoms with Gasteiger partial charge in [0.1, 0.15) is 5.82 Å². The molecule has 0 amide bonds. The van der Waals surface area contributed by atoms with E-state index >= 15 is 0 Å². The fraction of sp³-hybridized carbons (Fsp3) is 0.500. The summed E-state index contributed by atoms with van der Waals surface area (Å²) in [5.41, 5.74) is 0.674. The number of benzene rings is 1. The van der Waals surface area contributed by atoms with Crippen molar-refractivity contribution in [1.29, 1.82) is 0 Å². The van der Waals surface area contributed by atoms with Crippen molar-refractivity contribution in [2.24, 2.45) is 0 Å². The average Bonchev–Trinajstić information content (AvgIpc) is 2.45. The van der Waals surface area contributed by atoms with E-state index in [0.29, 0.717) is 19.7 Å². The summed E-state index contributed by atoms with van der Waals surface area (Å²) >= 11 is 0. The van der Waals surface area contributed by atoms with E-state index in [9.17, 15) is 9.18 Å². The monoisotopic (exact) mass is 285 g/mol. The predicted molar refractivity (Wildman–Crippen MR) is 72.1 cm³/mol. The molecule has 0 saturated carbocycles. The Bertz CT molecular complexity index is 439. The molecule has 6 heteroatoms. The van der Waals surface area contributed by atoms with E-state index < -0.39 is 11.8 Å². The quantitative estimate of drug-likeness (QED) is 0.731. The Morgan fingerprint density at radius 3 is 2.65 bits per heavy atom. The van der Waals surface area contributed by atoms with Crippen LogP contribution in [0.15, 0.2) is 18.2 Å². The Kier molecular flexibility index (Phi) is 7.14. The van der Waals surface area contributed by atoms with Gasteiger partial charge in [-0.05, 0) is 17.7 Å². The van der Waals surface area contributed by atoms with Crippen molar-refractivity contribution < 1.29 is 23.4 Å². The molecule has 0 fully saturated rings. The van der Waals surface area contributed by atoms with Crippen LogP contribution in [0, 0.1) is 5.82 Å². The summed E-state index contributed by atoms with van der Waals surface area (Å²) in [7, 11) is 4.43. The van der Waals surface area contributed by atoms with E-state index in [4.69, 9.17) is 9.47 Å². The lowest BCUT2D eigenvalue weighted by Crippen LogP contribution is -2.31. The minimum atomic E-state index is -0.679. The smallest absolute Gasteiger partial charge is 0.340 e. The normalized spacial score (nSPS) is 12.2. The first-order valence-electron chi connectivity index (χ1n) is 6.21. The number of carbonyl (C=O) groups is 1. The molecule has 0 aliphatic heterocycles. The van der Waals surface area contributed by atoms with Crippen molar-refractivity contribution in [3.63, 3.8) is 0 Å². The number of hydrogen-bond donors (Lipinski definition) is 1. The summed E-state index contributed by atoms with van der Waals surface area (Å²) in [6, 6.07) is 4.42. The number of esters is 1. The number of ether oxygens (including phenoxy) is 3. The third-order valence-electron chi connectivity index (χ3n) is 2.83. The molecule has 0 bridgehead atoms. The second-order valence-electron chi connectivity index (χ2n) is 4.25. The molecule has 0 spiro atoms. The largest absolute Gasteiger partial charge is 0.465 e. The van der Waals surface area contributed by atoms with Crippen LogP contribution in [0.5, 0.6) is 0 Å². The molecule has 1 aromatic rings. The first-order chi connectivity index (χ1) is 9.62. The zero-order valence-corrected chi connectivity index (χ0v) is 11.9. The second kappa shape index (κ2) is 8.63. The van der Waals surface area contributed by atoms with E-state index in [1.165, 1.54) is 19.2 Å². The Balaban J connectivity index is 2.53. The van der Waals surface area contributed by atoms with Crippen molar-refractivity contribution in [3.8, 4) is 0 Å². The molecule has 1 N–H and O–H groups in total. The predicted octanol–water partition coefficient (Wildman–Crippen LogP) is 1.36. The molecule has 0 radical (unpaired) electrons. The van der Waals surface area contributed by atoms with Crippen LogP contribution in [-0.2, 0) is 20.8 Å². The summed E-state index contributed by atoms with van der Waals surface area (Å²) < 4.78 is 28.4. The molecule has 0 aliphatic carbocycles. The molecular formula is C14H20FNO4. The van der Waals surface area contributed by atoms with Crippen molar-refractivity contribution in [1.82, 2.24) is 5.32 Å². The first kappa shape index (κ1) is 16.6. The molecule has 112 valence electrons. The van der Waals surface area contributed by atoms with Gasteiger partial charge in [0, 0.05) is 27.3 Å². The summed E-state index contributed by atoms with van der Waals surface area (Å²) in [5.74, 6) is -1.27. The van der Waals surface area contributed by atoms with Crippen LogP contribution in [0.4, 0.5) is 4.39 Å². The van der Waals surface area contributed by atoms with Crippen molar-refractivity contribution in [2.45, 2.75) is 12.6 Å². The lowest BCUT2D eigenvalue weighted by atomic mass is 10.1. The molecule has 0 aliphatic rings. The van der Waals surface area contributed by atoms with Crippen LogP contribution in [0.1, 0.15) is 15.9 Å². The van der Waals surface area contributed by atoms with Crippen LogP contribution in [0.2, 0.25) is 0 Å². The van der Waals surface area contributed by atoms with Gasteiger partial charge in [-0.3, -0.25) is 0 Å². The molecule has 0 heterocycles. The zero-order valence-electron chi connectivity index (χ0n) is 11.9. The average molecular weight is 285 g/mol. The van der Waals surface area contributed by atoms with Gasteiger partial charge in [0.2, 0.25) is 0 Å². The van der Waals surface area contributed by atoms with Gasteiger partial charge in [0.05, 0.1) is 25.4 Å². The SMILES string of the molecule is COCC(CNCc1ccc(C(=O)OC)c(F)c1)OC. The molecular weight excluding hydrogens is 265 g/mol. The van der Waals surface area contributed by atoms with E-state index in [1.54, 1.807) is 20.3 Å². The summed E-state index contributed by atoms with van der Waals surface area (Å²) in [6.07, 6.45) is -0.0563. The van der Waals surface area contributed by atoms with E-state index in [2.05, 4.69) is 10.1 Å². The van der Waals surface area contributed by atoms with Crippen molar-refractivity contribution in [2.75, 3.05) is 34.5 Å². The number of rotatable bonds is 8. The van der Waals surface area contributed by atoms with Crippen LogP contribution >= 0.6 is 0 Å². The number of hydrogen-bond acceptors (Lipinski definition) is 5. The Morgan fingerprint density at radius 1 is 1.35 bits per heavy atom. The maximum Gasteiger partial charge on any atom is 0.340 e. The lowest BCUT2D eigenvalue weighted by molar-refractivity contribution is 0.0288. The molecule has 0 saturated heterocycles. The van der Waals surface area contributed by atoms with Crippen LogP contribution in [-0.4, -0.2) is 46.6 Å². The molecule has 1 rings (SSSR count). The van der Waals surface area contributed by atoms with E-state index in [-0.39, 0.29) is 11.7 Å². The number of carbonyl (C=O) groups excluding carboxylic acids is 1.